The lowest BCUT2D eigenvalue weighted by molar-refractivity contribution is -0.163. The number of fused-ring (bicyclic) bond motifs is 4. The zero-order chi connectivity index (χ0) is 67.7. The molecule has 1 aliphatic carbocycles. The molecule has 6 aliphatic rings. The first-order chi connectivity index (χ1) is 42.6. The number of rotatable bonds is 9. The van der Waals surface area contributed by atoms with E-state index in [-0.39, 0.29) is 66.3 Å². The van der Waals surface area contributed by atoms with Crippen LogP contribution in [-0.2, 0) is 57.4 Å². The van der Waals surface area contributed by atoms with Crippen LogP contribution >= 0.6 is 0 Å². The van der Waals surface area contributed by atoms with Crippen LogP contribution in [-0.4, -0.2) is 220 Å². The Morgan fingerprint density at radius 3 is 1.59 bits per heavy atom. The van der Waals surface area contributed by atoms with Crippen molar-refractivity contribution in [3.63, 3.8) is 0 Å². The van der Waals surface area contributed by atoms with Crippen LogP contribution in [0.2, 0.25) is 0 Å². The quantitative estimate of drug-likeness (QED) is 0.114. The topological polar surface area (TPSA) is 360 Å². The molecule has 10 atom stereocenters. The van der Waals surface area contributed by atoms with Gasteiger partial charge >= 0.3 is 11.9 Å². The first kappa shape index (κ1) is 69.7. The van der Waals surface area contributed by atoms with Gasteiger partial charge in [-0.1, -0.05) is 61.5 Å². The van der Waals surface area contributed by atoms with Crippen molar-refractivity contribution in [2.45, 2.75) is 176 Å². The van der Waals surface area contributed by atoms with Crippen LogP contribution in [0.1, 0.15) is 133 Å². The Morgan fingerprint density at radius 2 is 1.12 bits per heavy atom. The molecule has 28 nitrogen and oxygen atoms in total. The van der Waals surface area contributed by atoms with Gasteiger partial charge in [0.1, 0.15) is 71.8 Å². The van der Waals surface area contributed by atoms with Crippen LogP contribution in [0.25, 0.3) is 22.6 Å². The SMILES string of the molecule is Cc1c2oc3c(C)ccc(C(=O)NC4C(=O)NC(CC(C)C)C(=O)N5CCCC5C(=O)N(C)CC(=O)N(C)C(C(C)C)C(=O)OC4C)c3nc-2c(C(=O)NC2C(=O)NC(C(C)C)C(=O)N3CCCC3C(=O)N(C)CC(=O)N(C)C(C(C)C)C(=O)OC2C)c(N)c1=O. The molecule has 91 heavy (non-hydrogen) atoms. The van der Waals surface area contributed by atoms with Gasteiger partial charge in [-0.3, -0.25) is 52.7 Å². The first-order valence-corrected chi connectivity index (χ1v) is 31.0. The molecule has 0 saturated carbocycles. The van der Waals surface area contributed by atoms with E-state index in [1.165, 1.54) is 80.7 Å². The highest BCUT2D eigenvalue weighted by molar-refractivity contribution is 6.10. The summed E-state index contributed by atoms with van der Waals surface area (Å²) in [6.45, 7) is 18.7. The number of carbonyl (C=O) groups is 12. The zero-order valence-corrected chi connectivity index (χ0v) is 54.8. The van der Waals surface area contributed by atoms with Crippen molar-refractivity contribution >= 4 is 87.8 Å². The van der Waals surface area contributed by atoms with Crippen molar-refractivity contribution in [2.75, 3.05) is 60.1 Å². The Labute approximate surface area is 528 Å². The largest absolute Gasteiger partial charge is 0.458 e. The van der Waals surface area contributed by atoms with E-state index in [2.05, 4.69) is 21.3 Å². The van der Waals surface area contributed by atoms with Crippen LogP contribution in [0.5, 0.6) is 0 Å². The summed E-state index contributed by atoms with van der Waals surface area (Å²) < 4.78 is 18.3. The lowest BCUT2D eigenvalue weighted by Crippen LogP contribution is -2.61. The van der Waals surface area contributed by atoms with Gasteiger partial charge in [-0.25, -0.2) is 14.6 Å². The van der Waals surface area contributed by atoms with E-state index in [4.69, 9.17) is 24.6 Å². The molecule has 28 heteroatoms. The number of likely N-dealkylation sites (N-methyl/N-ethyl adjacent to an activating group) is 4. The molecule has 6 N–H and O–H groups in total. The van der Waals surface area contributed by atoms with Crippen LogP contribution in [0.3, 0.4) is 0 Å². The van der Waals surface area contributed by atoms with Gasteiger partial charge in [0.05, 0.1) is 29.9 Å². The number of hydrogen-bond acceptors (Lipinski definition) is 18. The number of nitrogens with zero attached hydrogens (tertiary/aromatic N) is 7. The Balaban J connectivity index is 1.32. The number of esters is 2. The van der Waals surface area contributed by atoms with Crippen LogP contribution in [0.15, 0.2) is 21.3 Å². The zero-order valence-electron chi connectivity index (χ0n) is 54.8. The van der Waals surface area contributed by atoms with Crippen molar-refractivity contribution in [3.8, 4) is 11.5 Å². The standard InChI is InChI=1S/C63H88N12O16/c1-28(2)25-37-58(83)74-23-17-19-38(74)59(84)70(13)26-40(76)72(15)49(30(5)6)62(87)89-34(11)45(56(81)65-37)68-54(79)36-22-21-32(9)52-47(36)66-48-42(43(64)51(78)33(10)53(48)91-52)55(80)69-46-35(12)90-63(88)50(31(7)8)73(16)41(77)27-71(14)60(85)39-20-18-24-75(39)61(86)44(29(3)4)67-57(46)82/h21-22,28-31,34-35,37-39,44-46,49-50H,17-20,23-27,64H2,1-16H3,(H,65,81)(H,67,82)(H,68,79)(H,69,80). The summed E-state index contributed by atoms with van der Waals surface area (Å²) in [5.41, 5.74) is 3.59. The van der Waals surface area contributed by atoms with Crippen molar-refractivity contribution in [2.24, 2.45) is 23.7 Å². The number of nitrogens with two attached hydrogens (primary N) is 1. The summed E-state index contributed by atoms with van der Waals surface area (Å²) in [6.07, 6.45) is -1.56. The van der Waals surface area contributed by atoms with E-state index in [0.717, 1.165) is 9.80 Å². The molecule has 4 saturated heterocycles. The number of nitrogen functional groups attached to an aromatic ring is 1. The maximum absolute atomic E-state index is 15.2. The highest BCUT2D eigenvalue weighted by Crippen LogP contribution is 2.35. The maximum Gasteiger partial charge on any atom is 0.329 e. The first-order valence-electron chi connectivity index (χ1n) is 31.0. The van der Waals surface area contributed by atoms with Crippen molar-refractivity contribution in [1.82, 2.24) is 55.7 Å². The monoisotopic (exact) mass is 1270 g/mol. The lowest BCUT2D eigenvalue weighted by Gasteiger charge is -2.36. The Morgan fingerprint density at radius 1 is 0.648 bits per heavy atom. The number of nitrogens with one attached hydrogen (secondary N) is 4. The molecule has 1 aromatic rings. The fourth-order valence-corrected chi connectivity index (χ4v) is 12.5. The van der Waals surface area contributed by atoms with Gasteiger partial charge in [-0.2, -0.15) is 0 Å². The smallest absolute Gasteiger partial charge is 0.329 e. The van der Waals surface area contributed by atoms with Gasteiger partial charge in [0.2, 0.25) is 52.7 Å². The fourth-order valence-electron chi connectivity index (χ4n) is 12.5. The molecule has 5 aliphatic heterocycles. The second-order valence-corrected chi connectivity index (χ2v) is 26.0. The molecule has 0 aromatic heterocycles. The number of carbonyl (C=O) groups excluding carboxylic acids is 12. The number of ether oxygens (including phenoxy) is 2. The molecule has 1 aromatic carbocycles. The van der Waals surface area contributed by atoms with E-state index in [0.29, 0.717) is 18.4 Å². The highest BCUT2D eigenvalue weighted by atomic mass is 16.6. The lowest BCUT2D eigenvalue weighted by atomic mass is 9.98. The number of aryl methyl sites for hydroxylation is 1. The van der Waals surface area contributed by atoms with E-state index < -0.39 is 185 Å². The second kappa shape index (κ2) is 28.2. The Kier molecular flexibility index (Phi) is 21.6. The van der Waals surface area contributed by atoms with Gasteiger partial charge < -0.3 is 70.3 Å². The molecule has 0 spiro atoms. The Bertz CT molecular complexity index is 3440. The van der Waals surface area contributed by atoms with Crippen LogP contribution in [0, 0.1) is 37.5 Å². The third kappa shape index (κ3) is 14.4. The van der Waals surface area contributed by atoms with Crippen molar-refractivity contribution < 1.29 is 71.4 Å². The number of benzene rings is 2. The fraction of sp³-hybridized carbons (Fsp3) is 0.619. The third-order valence-electron chi connectivity index (χ3n) is 17.6. The van der Waals surface area contributed by atoms with E-state index >= 15 is 9.59 Å². The number of aromatic nitrogens is 1. The minimum absolute atomic E-state index is 0.0743. The van der Waals surface area contributed by atoms with Gasteiger partial charge in [-0.05, 0) is 95.1 Å². The highest BCUT2D eigenvalue weighted by Gasteiger charge is 2.46. The Hall–Kier alpha value is -8.72. The number of cyclic esters (lactones) is 2. The van der Waals surface area contributed by atoms with E-state index in [1.54, 1.807) is 48.5 Å². The predicted molar refractivity (Wildman–Crippen MR) is 330 cm³/mol. The third-order valence-corrected chi connectivity index (χ3v) is 17.6. The molecule has 7 rings (SSSR count). The average molecular weight is 1270 g/mol. The molecule has 10 unspecified atom stereocenters. The second-order valence-electron chi connectivity index (χ2n) is 26.0. The minimum Gasteiger partial charge on any atom is -0.458 e. The summed E-state index contributed by atoms with van der Waals surface area (Å²) in [4.78, 5) is 200. The van der Waals surface area contributed by atoms with E-state index in [9.17, 15) is 52.7 Å². The van der Waals surface area contributed by atoms with Gasteiger partial charge in [0, 0.05) is 46.8 Å². The van der Waals surface area contributed by atoms with E-state index in [1.807, 2.05) is 13.8 Å². The van der Waals surface area contributed by atoms with Crippen LogP contribution < -0.4 is 32.4 Å². The molecule has 5 heterocycles. The summed E-state index contributed by atoms with van der Waals surface area (Å²) in [7, 11) is 5.60. The molecule has 496 valence electrons. The van der Waals surface area contributed by atoms with Gasteiger partial charge in [-0.15, -0.1) is 0 Å². The predicted octanol–water partition coefficient (Wildman–Crippen LogP) is 1.12. The number of hydrogen-bond donors (Lipinski definition) is 5. The van der Waals surface area contributed by atoms with Crippen molar-refractivity contribution in [1.29, 1.82) is 0 Å². The molecular formula is C63H88N12O16. The summed E-state index contributed by atoms with van der Waals surface area (Å²) in [6, 6.07) is -7.86. The summed E-state index contributed by atoms with van der Waals surface area (Å²) in [5.74, 6) is -11.9. The maximum atomic E-state index is 15.2. The van der Waals surface area contributed by atoms with Gasteiger partial charge in [0.15, 0.2) is 11.3 Å². The number of anilines is 1. The van der Waals surface area contributed by atoms with Gasteiger partial charge in [0.25, 0.3) is 11.8 Å². The molecule has 4 fully saturated rings. The normalized spacial score (nSPS) is 26.1. The molecule has 0 bridgehead atoms. The molecule has 0 radical (unpaired) electrons. The summed E-state index contributed by atoms with van der Waals surface area (Å²) in [5, 5.41) is 10.7. The average Bonchev–Trinajstić information content (AvgIpc) is 1.35. The number of amides is 10. The summed E-state index contributed by atoms with van der Waals surface area (Å²) >= 11 is 0. The van der Waals surface area contributed by atoms with Crippen LogP contribution in [0.4, 0.5) is 5.69 Å². The molecule has 10 amide bonds. The molecular weight excluding hydrogens is 1180 g/mol. The van der Waals surface area contributed by atoms with Crippen molar-refractivity contribution in [3.05, 3.63) is 44.6 Å². The minimum atomic E-state index is -1.88.